The SMILES string of the molecule is COC(=O)c1[nH]nc(-c2ccc(F)cc2)c1Br. The van der Waals surface area contributed by atoms with Crippen LogP contribution < -0.4 is 0 Å². The van der Waals surface area contributed by atoms with E-state index < -0.39 is 5.97 Å². The van der Waals surface area contributed by atoms with Gasteiger partial charge in [-0.25, -0.2) is 9.18 Å². The number of nitrogens with zero attached hydrogens (tertiary/aromatic N) is 1. The van der Waals surface area contributed by atoms with Crippen LogP contribution in [0.2, 0.25) is 0 Å². The van der Waals surface area contributed by atoms with Gasteiger partial charge in [0.1, 0.15) is 11.5 Å². The van der Waals surface area contributed by atoms with Gasteiger partial charge in [-0.05, 0) is 40.2 Å². The molecule has 17 heavy (non-hydrogen) atoms. The number of benzene rings is 1. The smallest absolute Gasteiger partial charge is 0.357 e. The van der Waals surface area contributed by atoms with E-state index in [0.717, 1.165) is 0 Å². The molecule has 2 rings (SSSR count). The highest BCUT2D eigenvalue weighted by molar-refractivity contribution is 9.10. The number of ether oxygens (including phenoxy) is 1. The van der Waals surface area contributed by atoms with E-state index in [4.69, 9.17) is 0 Å². The Kier molecular flexibility index (Phi) is 3.23. The minimum Gasteiger partial charge on any atom is -0.464 e. The van der Waals surface area contributed by atoms with E-state index in [1.807, 2.05) is 0 Å². The summed E-state index contributed by atoms with van der Waals surface area (Å²) in [4.78, 5) is 11.3. The molecule has 0 saturated carbocycles. The Hall–Kier alpha value is -1.69. The van der Waals surface area contributed by atoms with E-state index >= 15 is 0 Å². The molecule has 0 radical (unpaired) electrons. The van der Waals surface area contributed by atoms with Crippen LogP contribution >= 0.6 is 15.9 Å². The monoisotopic (exact) mass is 298 g/mol. The van der Waals surface area contributed by atoms with Crippen LogP contribution in [0.3, 0.4) is 0 Å². The van der Waals surface area contributed by atoms with Gasteiger partial charge >= 0.3 is 5.97 Å². The van der Waals surface area contributed by atoms with E-state index in [-0.39, 0.29) is 11.5 Å². The molecule has 0 aliphatic carbocycles. The predicted octanol–water partition coefficient (Wildman–Crippen LogP) is 2.76. The molecule has 1 N–H and O–H groups in total. The molecule has 1 aromatic heterocycles. The number of halogens is 2. The quantitative estimate of drug-likeness (QED) is 0.868. The molecule has 0 amide bonds. The van der Waals surface area contributed by atoms with Gasteiger partial charge in [-0.1, -0.05) is 0 Å². The zero-order valence-corrected chi connectivity index (χ0v) is 10.4. The molecule has 0 spiro atoms. The third-order valence-corrected chi connectivity index (χ3v) is 2.99. The lowest BCUT2D eigenvalue weighted by molar-refractivity contribution is 0.0593. The van der Waals surface area contributed by atoms with Crippen molar-refractivity contribution in [2.45, 2.75) is 0 Å². The van der Waals surface area contributed by atoms with Gasteiger partial charge in [0.2, 0.25) is 0 Å². The lowest BCUT2D eigenvalue weighted by Crippen LogP contribution is -2.02. The fourth-order valence-electron chi connectivity index (χ4n) is 1.36. The number of aromatic amines is 1. The number of nitrogens with one attached hydrogen (secondary N) is 1. The Bertz CT molecular complexity index is 551. The second-order valence-electron chi connectivity index (χ2n) is 3.26. The van der Waals surface area contributed by atoms with Crippen molar-refractivity contribution >= 4 is 21.9 Å². The van der Waals surface area contributed by atoms with E-state index in [0.29, 0.717) is 15.7 Å². The van der Waals surface area contributed by atoms with Gasteiger partial charge in [-0.15, -0.1) is 0 Å². The maximum atomic E-state index is 12.8. The fraction of sp³-hybridized carbons (Fsp3) is 0.0909. The largest absolute Gasteiger partial charge is 0.464 e. The van der Waals surface area contributed by atoms with E-state index in [9.17, 15) is 9.18 Å². The van der Waals surface area contributed by atoms with Gasteiger partial charge in [0, 0.05) is 5.56 Å². The summed E-state index contributed by atoms with van der Waals surface area (Å²) < 4.78 is 17.9. The molecule has 1 aromatic carbocycles. The summed E-state index contributed by atoms with van der Waals surface area (Å²) in [6, 6.07) is 5.82. The lowest BCUT2D eigenvalue weighted by atomic mass is 10.1. The number of H-pyrrole nitrogens is 1. The number of esters is 1. The molecule has 0 fully saturated rings. The number of hydrogen-bond acceptors (Lipinski definition) is 3. The molecule has 0 unspecified atom stereocenters. The highest BCUT2D eigenvalue weighted by Gasteiger charge is 2.18. The zero-order valence-electron chi connectivity index (χ0n) is 8.83. The van der Waals surface area contributed by atoms with Crippen molar-refractivity contribution in [2.24, 2.45) is 0 Å². The number of carbonyl (C=O) groups excluding carboxylic acids is 1. The zero-order chi connectivity index (χ0) is 12.4. The highest BCUT2D eigenvalue weighted by atomic mass is 79.9. The maximum Gasteiger partial charge on any atom is 0.357 e. The summed E-state index contributed by atoms with van der Waals surface area (Å²) in [5.41, 5.74) is 1.46. The third-order valence-electron chi connectivity index (χ3n) is 2.21. The van der Waals surface area contributed by atoms with Gasteiger partial charge in [0.15, 0.2) is 5.69 Å². The molecule has 4 nitrogen and oxygen atoms in total. The van der Waals surface area contributed by atoms with Crippen molar-refractivity contribution < 1.29 is 13.9 Å². The molecule has 88 valence electrons. The standard InChI is InChI=1S/C11H8BrFN2O2/c1-17-11(16)10-8(12)9(14-15-10)6-2-4-7(13)5-3-6/h2-5H,1H3,(H,14,15). The van der Waals surface area contributed by atoms with Crippen LogP contribution in [0.4, 0.5) is 4.39 Å². The van der Waals surface area contributed by atoms with E-state index in [1.165, 1.54) is 19.2 Å². The number of aromatic nitrogens is 2. The Morgan fingerprint density at radius 2 is 2.06 bits per heavy atom. The predicted molar refractivity (Wildman–Crippen MR) is 63.0 cm³/mol. The molecule has 0 aliphatic rings. The number of carbonyl (C=O) groups is 1. The Labute approximate surface area is 105 Å². The molecule has 1 heterocycles. The van der Waals surface area contributed by atoms with Crippen molar-refractivity contribution in [1.82, 2.24) is 10.2 Å². The van der Waals surface area contributed by atoms with Gasteiger partial charge in [-0.2, -0.15) is 5.10 Å². The topological polar surface area (TPSA) is 55.0 Å². The molecule has 2 aromatic rings. The van der Waals surface area contributed by atoms with Gasteiger partial charge in [0.25, 0.3) is 0 Å². The van der Waals surface area contributed by atoms with Gasteiger partial charge in [0.05, 0.1) is 11.6 Å². The van der Waals surface area contributed by atoms with Gasteiger partial charge in [-0.3, -0.25) is 5.10 Å². The summed E-state index contributed by atoms with van der Waals surface area (Å²) in [6.07, 6.45) is 0. The van der Waals surface area contributed by atoms with E-state index in [2.05, 4.69) is 30.9 Å². The molecular weight excluding hydrogens is 291 g/mol. The summed E-state index contributed by atoms with van der Waals surface area (Å²) in [6.45, 7) is 0. The molecule has 6 heteroatoms. The van der Waals surface area contributed by atoms with Crippen LogP contribution in [0.25, 0.3) is 11.3 Å². The van der Waals surface area contributed by atoms with Crippen LogP contribution in [0, 0.1) is 5.82 Å². The van der Waals surface area contributed by atoms with E-state index in [1.54, 1.807) is 12.1 Å². The second kappa shape index (κ2) is 4.67. The number of rotatable bonds is 2. The number of hydrogen-bond donors (Lipinski definition) is 1. The normalized spacial score (nSPS) is 10.3. The molecule has 0 aliphatic heterocycles. The minimum atomic E-state index is -0.516. The fourth-order valence-corrected chi connectivity index (χ4v) is 1.93. The Balaban J connectivity index is 2.44. The van der Waals surface area contributed by atoms with Crippen LogP contribution in [0.15, 0.2) is 28.7 Å². The number of methoxy groups -OCH3 is 1. The van der Waals surface area contributed by atoms with Crippen molar-refractivity contribution in [3.05, 3.63) is 40.2 Å². The minimum absolute atomic E-state index is 0.229. The summed E-state index contributed by atoms with van der Waals surface area (Å²) in [5, 5.41) is 6.56. The average Bonchev–Trinajstić information content (AvgIpc) is 2.71. The Morgan fingerprint density at radius 1 is 1.41 bits per heavy atom. The summed E-state index contributed by atoms with van der Waals surface area (Å²) in [5.74, 6) is -0.841. The molecule has 0 bridgehead atoms. The summed E-state index contributed by atoms with van der Waals surface area (Å²) >= 11 is 3.26. The van der Waals surface area contributed by atoms with Crippen molar-refractivity contribution in [1.29, 1.82) is 0 Å². The average molecular weight is 299 g/mol. The van der Waals surface area contributed by atoms with Crippen LogP contribution in [-0.2, 0) is 4.74 Å². The van der Waals surface area contributed by atoms with Crippen molar-refractivity contribution in [3.8, 4) is 11.3 Å². The second-order valence-corrected chi connectivity index (χ2v) is 4.05. The van der Waals surface area contributed by atoms with Crippen molar-refractivity contribution in [3.63, 3.8) is 0 Å². The van der Waals surface area contributed by atoms with Crippen LogP contribution in [0.1, 0.15) is 10.5 Å². The maximum absolute atomic E-state index is 12.8. The first-order valence-corrected chi connectivity index (χ1v) is 5.51. The van der Waals surface area contributed by atoms with Crippen LogP contribution in [0.5, 0.6) is 0 Å². The Morgan fingerprint density at radius 3 is 2.65 bits per heavy atom. The highest BCUT2D eigenvalue weighted by Crippen LogP contribution is 2.29. The first-order chi connectivity index (χ1) is 8.13. The molecule has 0 atom stereocenters. The first kappa shape index (κ1) is 11.8. The molecular formula is C11H8BrFN2O2. The van der Waals surface area contributed by atoms with Crippen molar-refractivity contribution in [2.75, 3.05) is 7.11 Å². The first-order valence-electron chi connectivity index (χ1n) is 4.71. The lowest BCUT2D eigenvalue weighted by Gasteiger charge is -1.98. The summed E-state index contributed by atoms with van der Waals surface area (Å²) in [7, 11) is 1.28. The third kappa shape index (κ3) is 2.21. The van der Waals surface area contributed by atoms with Gasteiger partial charge < -0.3 is 4.74 Å². The molecule has 0 saturated heterocycles. The van der Waals surface area contributed by atoms with Crippen LogP contribution in [-0.4, -0.2) is 23.3 Å².